The van der Waals surface area contributed by atoms with Crippen LogP contribution in [-0.4, -0.2) is 11.4 Å². The third-order valence-corrected chi connectivity index (χ3v) is 3.57. The van der Waals surface area contributed by atoms with Gasteiger partial charge in [0, 0.05) is 0 Å². The van der Waals surface area contributed by atoms with E-state index in [1.807, 2.05) is 48.6 Å². The normalized spacial score (nSPS) is 13.1. The maximum Gasteiger partial charge on any atom is 0.0628 e. The lowest BCUT2D eigenvalue weighted by Gasteiger charge is -1.97. The fraction of sp³-hybridized carbons (Fsp3) is 0.182. The Morgan fingerprint density at radius 2 is 1.04 bits per heavy atom. The van der Waals surface area contributed by atoms with E-state index in [9.17, 15) is 0 Å². The van der Waals surface area contributed by atoms with E-state index in [1.165, 1.54) is 11.1 Å². The highest BCUT2D eigenvalue weighted by Crippen LogP contribution is 2.04. The quantitative estimate of drug-likeness (QED) is 0.440. The van der Waals surface area contributed by atoms with Gasteiger partial charge in [-0.25, -0.2) is 0 Å². The molecule has 0 spiro atoms. The summed E-state index contributed by atoms with van der Waals surface area (Å²) in [5, 5.41) is 8.81. The second-order valence-electron chi connectivity index (χ2n) is 5.38. The van der Waals surface area contributed by atoms with Crippen LogP contribution in [0.25, 0.3) is 12.2 Å². The molecule has 122 valence electrons. The minimum Gasteiger partial charge on any atom is -0.155 e. The van der Waals surface area contributed by atoms with Gasteiger partial charge in [-0.2, -0.15) is 10.2 Å². The first-order chi connectivity index (χ1) is 11.8. The van der Waals surface area contributed by atoms with E-state index in [0.29, 0.717) is 0 Å². The van der Waals surface area contributed by atoms with Crippen LogP contribution in [0.3, 0.4) is 0 Å². The Balaban J connectivity index is 2.09. The van der Waals surface area contributed by atoms with Gasteiger partial charge in [0.05, 0.1) is 11.4 Å². The molecule has 0 saturated heterocycles. The first-order valence-corrected chi connectivity index (χ1v) is 8.41. The molecule has 0 aliphatic carbocycles. The van der Waals surface area contributed by atoms with Crippen molar-refractivity contribution in [2.45, 2.75) is 26.7 Å². The predicted octanol–water partition coefficient (Wildman–Crippen LogP) is 6.03. The Morgan fingerprint density at radius 1 is 0.667 bits per heavy atom. The van der Waals surface area contributed by atoms with Crippen molar-refractivity contribution < 1.29 is 0 Å². The van der Waals surface area contributed by atoms with Crippen LogP contribution in [0.15, 0.2) is 83.0 Å². The Labute approximate surface area is 145 Å². The van der Waals surface area contributed by atoms with Gasteiger partial charge < -0.3 is 0 Å². The third kappa shape index (κ3) is 6.17. The molecule has 0 amide bonds. The van der Waals surface area contributed by atoms with Crippen molar-refractivity contribution in [2.75, 3.05) is 0 Å². The van der Waals surface area contributed by atoms with Gasteiger partial charge in [-0.3, -0.25) is 0 Å². The number of allylic oxidation sites excluding steroid dienone is 2. The van der Waals surface area contributed by atoms with Crippen molar-refractivity contribution in [3.05, 3.63) is 83.9 Å². The van der Waals surface area contributed by atoms with Gasteiger partial charge in [0.1, 0.15) is 0 Å². The monoisotopic (exact) mass is 316 g/mol. The number of nitrogens with zero attached hydrogens (tertiary/aromatic N) is 2. The fourth-order valence-electron chi connectivity index (χ4n) is 2.09. The Hall–Kier alpha value is -2.74. The smallest absolute Gasteiger partial charge is 0.0628 e. The molecule has 2 aromatic carbocycles. The number of rotatable bonds is 7. The van der Waals surface area contributed by atoms with E-state index in [0.717, 1.165) is 24.3 Å². The molecule has 0 saturated carbocycles. The number of benzene rings is 2. The minimum atomic E-state index is 0.853. The van der Waals surface area contributed by atoms with Gasteiger partial charge >= 0.3 is 0 Å². The van der Waals surface area contributed by atoms with E-state index in [2.05, 4.69) is 60.5 Å². The highest BCUT2D eigenvalue weighted by molar-refractivity contribution is 6.01. The third-order valence-electron chi connectivity index (χ3n) is 3.57. The van der Waals surface area contributed by atoms with Gasteiger partial charge in [0.15, 0.2) is 0 Å². The Morgan fingerprint density at radius 3 is 1.38 bits per heavy atom. The summed E-state index contributed by atoms with van der Waals surface area (Å²) in [4.78, 5) is 0. The van der Waals surface area contributed by atoms with Crippen molar-refractivity contribution in [3.8, 4) is 0 Å². The number of hydrogen-bond donors (Lipinski definition) is 0. The second-order valence-corrected chi connectivity index (χ2v) is 5.38. The SMILES string of the molecule is CCC(/C=C\c1ccccc1)=N/N=C(/C=C\c1ccccc1)CC. The van der Waals surface area contributed by atoms with E-state index in [-0.39, 0.29) is 0 Å². The van der Waals surface area contributed by atoms with Gasteiger partial charge in [-0.15, -0.1) is 0 Å². The largest absolute Gasteiger partial charge is 0.155 e. The zero-order valence-electron chi connectivity index (χ0n) is 14.4. The molecule has 0 bridgehead atoms. The summed E-state index contributed by atoms with van der Waals surface area (Å²) < 4.78 is 0. The summed E-state index contributed by atoms with van der Waals surface area (Å²) in [7, 11) is 0. The summed E-state index contributed by atoms with van der Waals surface area (Å²) in [6, 6.07) is 20.5. The molecule has 2 nitrogen and oxygen atoms in total. The highest BCUT2D eigenvalue weighted by Gasteiger charge is 1.93. The van der Waals surface area contributed by atoms with Crippen molar-refractivity contribution in [2.24, 2.45) is 10.2 Å². The van der Waals surface area contributed by atoms with Gasteiger partial charge in [0.2, 0.25) is 0 Å². The van der Waals surface area contributed by atoms with Crippen molar-refractivity contribution >= 4 is 23.6 Å². The molecule has 2 rings (SSSR count). The molecule has 0 aliphatic heterocycles. The fourth-order valence-corrected chi connectivity index (χ4v) is 2.09. The molecule has 2 aromatic rings. The van der Waals surface area contributed by atoms with Gasteiger partial charge in [0.25, 0.3) is 0 Å². The van der Waals surface area contributed by atoms with Crippen LogP contribution < -0.4 is 0 Å². The van der Waals surface area contributed by atoms with E-state index >= 15 is 0 Å². The molecule has 0 fully saturated rings. The summed E-state index contributed by atoms with van der Waals surface area (Å²) in [6.45, 7) is 4.18. The van der Waals surface area contributed by atoms with Crippen LogP contribution in [0.4, 0.5) is 0 Å². The lowest BCUT2D eigenvalue weighted by atomic mass is 10.2. The molecule has 0 unspecified atom stereocenters. The second kappa shape index (κ2) is 10.1. The van der Waals surface area contributed by atoms with E-state index in [4.69, 9.17) is 0 Å². The summed E-state index contributed by atoms with van der Waals surface area (Å²) >= 11 is 0. The molecule has 0 aliphatic rings. The average molecular weight is 316 g/mol. The van der Waals surface area contributed by atoms with Gasteiger partial charge in [-0.1, -0.05) is 86.7 Å². The lowest BCUT2D eigenvalue weighted by Crippen LogP contribution is -1.93. The summed E-state index contributed by atoms with van der Waals surface area (Å²) in [6.07, 6.45) is 9.92. The zero-order chi connectivity index (χ0) is 17.0. The van der Waals surface area contributed by atoms with Crippen LogP contribution >= 0.6 is 0 Å². The van der Waals surface area contributed by atoms with Crippen molar-refractivity contribution in [3.63, 3.8) is 0 Å². The topological polar surface area (TPSA) is 24.7 Å². The predicted molar refractivity (Wildman–Crippen MR) is 106 cm³/mol. The molecule has 0 atom stereocenters. The van der Waals surface area contributed by atoms with Crippen LogP contribution in [0, 0.1) is 0 Å². The minimum absolute atomic E-state index is 0.853. The number of hydrogen-bond acceptors (Lipinski definition) is 2. The standard InChI is InChI=1S/C22H24N2/c1-3-21(17-15-19-11-7-5-8-12-19)23-24-22(4-2)18-16-20-13-9-6-10-14-20/h5-18H,3-4H2,1-2H3/b17-15-,18-16-,23-21-,24-22+. The highest BCUT2D eigenvalue weighted by atomic mass is 15.2. The molecular weight excluding hydrogens is 292 g/mol. The van der Waals surface area contributed by atoms with E-state index < -0.39 is 0 Å². The van der Waals surface area contributed by atoms with Crippen molar-refractivity contribution in [1.29, 1.82) is 0 Å². The Kier molecular flexibility index (Phi) is 7.42. The molecule has 0 heterocycles. The van der Waals surface area contributed by atoms with Gasteiger partial charge in [-0.05, 0) is 36.1 Å². The van der Waals surface area contributed by atoms with Crippen LogP contribution in [0.2, 0.25) is 0 Å². The average Bonchev–Trinajstić information content (AvgIpc) is 2.65. The summed E-state index contributed by atoms with van der Waals surface area (Å²) in [5.41, 5.74) is 4.28. The van der Waals surface area contributed by atoms with E-state index in [1.54, 1.807) is 0 Å². The van der Waals surface area contributed by atoms with Crippen molar-refractivity contribution in [1.82, 2.24) is 0 Å². The molecule has 0 N–H and O–H groups in total. The lowest BCUT2D eigenvalue weighted by molar-refractivity contribution is 1.15. The molecule has 0 aromatic heterocycles. The molecule has 0 radical (unpaired) electrons. The maximum absolute atomic E-state index is 4.41. The first kappa shape index (κ1) is 17.6. The molecule has 2 heteroatoms. The van der Waals surface area contributed by atoms with Crippen LogP contribution in [-0.2, 0) is 0 Å². The maximum atomic E-state index is 4.41. The summed E-state index contributed by atoms with van der Waals surface area (Å²) in [5.74, 6) is 0. The molecular formula is C22H24N2. The molecule has 24 heavy (non-hydrogen) atoms. The zero-order valence-corrected chi connectivity index (χ0v) is 14.4. The Bertz CT molecular complexity index is 658. The first-order valence-electron chi connectivity index (χ1n) is 8.41. The van der Waals surface area contributed by atoms with Crippen LogP contribution in [0.5, 0.6) is 0 Å². The van der Waals surface area contributed by atoms with Crippen LogP contribution in [0.1, 0.15) is 37.8 Å².